The Balaban J connectivity index is 1.14. The quantitative estimate of drug-likeness (QED) is 0.184. The summed E-state index contributed by atoms with van der Waals surface area (Å²) in [5.74, 6) is 0. The first-order valence-corrected chi connectivity index (χ1v) is 17.1. The number of aromatic nitrogens is 1. The molecule has 0 amide bonds. The molecule has 0 radical (unpaired) electrons. The van der Waals surface area contributed by atoms with Crippen LogP contribution in [0, 0.1) is 0 Å². The molecule has 0 unspecified atom stereocenters. The van der Waals surface area contributed by atoms with Crippen molar-refractivity contribution < 1.29 is 4.42 Å². The molecule has 0 saturated heterocycles. The van der Waals surface area contributed by atoms with E-state index in [0.29, 0.717) is 0 Å². The average molecular weight is 638 g/mol. The number of hydrogen-bond acceptors (Lipinski definition) is 1. The van der Waals surface area contributed by atoms with Crippen molar-refractivity contribution in [1.29, 1.82) is 0 Å². The smallest absolute Gasteiger partial charge is 0.143 e. The molecule has 0 saturated carbocycles. The zero-order chi connectivity index (χ0) is 33.0. The highest BCUT2D eigenvalue weighted by molar-refractivity contribution is 6.12. The molecule has 2 nitrogen and oxygen atoms in total. The molecule has 50 heavy (non-hydrogen) atoms. The number of fused-ring (bicyclic) bond motifs is 6. The summed E-state index contributed by atoms with van der Waals surface area (Å²) in [4.78, 5) is 0. The minimum Gasteiger partial charge on any atom is -0.455 e. The van der Waals surface area contributed by atoms with E-state index < -0.39 is 0 Å². The summed E-state index contributed by atoms with van der Waals surface area (Å²) in [6.07, 6.45) is 0. The lowest BCUT2D eigenvalue weighted by Crippen LogP contribution is -1.98. The molecule has 2 heterocycles. The maximum absolute atomic E-state index is 6.52. The van der Waals surface area contributed by atoms with Gasteiger partial charge in [0.25, 0.3) is 0 Å². The molecule has 0 fully saturated rings. The second-order valence-corrected chi connectivity index (χ2v) is 12.9. The van der Waals surface area contributed by atoms with Crippen molar-refractivity contribution in [2.45, 2.75) is 0 Å². The van der Waals surface area contributed by atoms with Crippen LogP contribution in [0.1, 0.15) is 0 Å². The van der Waals surface area contributed by atoms with Gasteiger partial charge in [-0.2, -0.15) is 0 Å². The van der Waals surface area contributed by atoms with E-state index in [4.69, 9.17) is 4.42 Å². The first-order chi connectivity index (χ1) is 24.8. The fourth-order valence-electron chi connectivity index (χ4n) is 7.71. The van der Waals surface area contributed by atoms with Gasteiger partial charge in [-0.3, -0.25) is 0 Å². The van der Waals surface area contributed by atoms with Gasteiger partial charge in [0, 0.05) is 32.7 Å². The lowest BCUT2D eigenvalue weighted by Gasteiger charge is -2.17. The van der Waals surface area contributed by atoms with E-state index in [1.54, 1.807) is 0 Å². The lowest BCUT2D eigenvalue weighted by molar-refractivity contribution is 0.670. The summed E-state index contributed by atoms with van der Waals surface area (Å²) in [5.41, 5.74) is 14.8. The minimum absolute atomic E-state index is 0.907. The van der Waals surface area contributed by atoms with E-state index in [-0.39, 0.29) is 0 Å². The van der Waals surface area contributed by atoms with Crippen LogP contribution in [0.4, 0.5) is 0 Å². The van der Waals surface area contributed by atoms with Crippen LogP contribution in [0.25, 0.3) is 93.9 Å². The van der Waals surface area contributed by atoms with Crippen LogP contribution < -0.4 is 0 Å². The molecular weight excluding hydrogens is 607 g/mol. The van der Waals surface area contributed by atoms with E-state index in [1.165, 1.54) is 49.6 Å². The summed E-state index contributed by atoms with van der Waals surface area (Å²) >= 11 is 0. The van der Waals surface area contributed by atoms with E-state index in [1.807, 2.05) is 12.1 Å². The van der Waals surface area contributed by atoms with Crippen LogP contribution in [0.5, 0.6) is 0 Å². The van der Waals surface area contributed by atoms with Gasteiger partial charge in [-0.15, -0.1) is 0 Å². The maximum Gasteiger partial charge on any atom is 0.143 e. The van der Waals surface area contributed by atoms with Gasteiger partial charge < -0.3 is 8.98 Å². The van der Waals surface area contributed by atoms with Crippen molar-refractivity contribution in [2.75, 3.05) is 0 Å². The number of benzene rings is 8. The van der Waals surface area contributed by atoms with Crippen molar-refractivity contribution in [3.8, 4) is 50.2 Å². The Labute approximate surface area is 290 Å². The molecule has 0 aliphatic heterocycles. The molecule has 0 spiro atoms. The SMILES string of the molecule is c1ccc(-c2ccc(-c3ccc4c(c3)c3ccccc3n4-c3ccccc3-c3ccccc3-c3cccc4c3oc3ccccc34)cc2)cc1. The number of rotatable bonds is 5. The molecule has 0 atom stereocenters. The highest BCUT2D eigenvalue weighted by Gasteiger charge is 2.20. The highest BCUT2D eigenvalue weighted by atomic mass is 16.3. The third kappa shape index (κ3) is 4.50. The molecule has 0 N–H and O–H groups in total. The van der Waals surface area contributed by atoms with Crippen LogP contribution in [0.3, 0.4) is 0 Å². The van der Waals surface area contributed by atoms with E-state index in [9.17, 15) is 0 Å². The highest BCUT2D eigenvalue weighted by Crippen LogP contribution is 2.43. The van der Waals surface area contributed by atoms with E-state index in [2.05, 4.69) is 180 Å². The molecule has 2 aromatic heterocycles. The Morgan fingerprint density at radius 3 is 1.68 bits per heavy atom. The summed E-state index contributed by atoms with van der Waals surface area (Å²) in [6.45, 7) is 0. The Morgan fingerprint density at radius 2 is 0.860 bits per heavy atom. The first-order valence-electron chi connectivity index (χ1n) is 17.1. The van der Waals surface area contributed by atoms with E-state index in [0.717, 1.165) is 44.3 Å². The van der Waals surface area contributed by atoms with Crippen molar-refractivity contribution in [3.63, 3.8) is 0 Å². The Bertz CT molecular complexity index is 2850. The van der Waals surface area contributed by atoms with Crippen molar-refractivity contribution >= 4 is 43.7 Å². The van der Waals surface area contributed by atoms with Crippen molar-refractivity contribution in [2.24, 2.45) is 0 Å². The van der Waals surface area contributed by atoms with Crippen LogP contribution in [0.2, 0.25) is 0 Å². The van der Waals surface area contributed by atoms with Gasteiger partial charge in [0.1, 0.15) is 11.2 Å². The topological polar surface area (TPSA) is 18.1 Å². The van der Waals surface area contributed by atoms with Crippen molar-refractivity contribution in [1.82, 2.24) is 4.57 Å². The molecule has 0 aliphatic rings. The monoisotopic (exact) mass is 637 g/mol. The molecule has 0 aliphatic carbocycles. The summed E-state index contributed by atoms with van der Waals surface area (Å²) in [7, 11) is 0. The van der Waals surface area contributed by atoms with Crippen LogP contribution in [-0.4, -0.2) is 4.57 Å². The van der Waals surface area contributed by atoms with Crippen LogP contribution in [-0.2, 0) is 0 Å². The summed E-state index contributed by atoms with van der Waals surface area (Å²) in [6, 6.07) is 67.4. The molecule has 2 heteroatoms. The van der Waals surface area contributed by atoms with Crippen molar-refractivity contribution in [3.05, 3.63) is 188 Å². The molecular formula is C48H31NO. The third-order valence-corrected chi connectivity index (χ3v) is 10.1. The fraction of sp³-hybridized carbons (Fsp3) is 0. The predicted molar refractivity (Wildman–Crippen MR) is 210 cm³/mol. The summed E-state index contributed by atoms with van der Waals surface area (Å²) in [5, 5.41) is 4.74. The molecule has 10 aromatic rings. The molecule has 10 rings (SSSR count). The van der Waals surface area contributed by atoms with Gasteiger partial charge >= 0.3 is 0 Å². The normalized spacial score (nSPS) is 11.6. The largest absolute Gasteiger partial charge is 0.455 e. The van der Waals surface area contributed by atoms with E-state index >= 15 is 0 Å². The Kier molecular flexibility index (Phi) is 6.53. The Morgan fingerprint density at radius 1 is 0.320 bits per heavy atom. The minimum atomic E-state index is 0.907. The molecule has 234 valence electrons. The van der Waals surface area contributed by atoms with Crippen LogP contribution >= 0.6 is 0 Å². The van der Waals surface area contributed by atoms with Gasteiger partial charge in [-0.1, -0.05) is 158 Å². The fourth-order valence-corrected chi connectivity index (χ4v) is 7.71. The lowest BCUT2D eigenvalue weighted by atomic mass is 9.92. The van der Waals surface area contributed by atoms with Gasteiger partial charge in [-0.25, -0.2) is 0 Å². The number of furan rings is 1. The van der Waals surface area contributed by atoms with Gasteiger partial charge in [0.2, 0.25) is 0 Å². The third-order valence-electron chi connectivity index (χ3n) is 10.1. The maximum atomic E-state index is 6.52. The predicted octanol–water partition coefficient (Wildman–Crippen LogP) is 13.4. The number of nitrogens with zero attached hydrogens (tertiary/aromatic N) is 1. The zero-order valence-corrected chi connectivity index (χ0v) is 27.3. The number of para-hydroxylation sites is 4. The molecule has 0 bridgehead atoms. The van der Waals surface area contributed by atoms with Gasteiger partial charge in [0.05, 0.1) is 16.7 Å². The molecule has 8 aromatic carbocycles. The second kappa shape index (κ2) is 11.5. The van der Waals surface area contributed by atoms with Gasteiger partial charge in [-0.05, 0) is 63.7 Å². The Hall–Kier alpha value is -6.64. The van der Waals surface area contributed by atoms with Crippen LogP contribution in [0.15, 0.2) is 192 Å². The second-order valence-electron chi connectivity index (χ2n) is 12.9. The summed E-state index contributed by atoms with van der Waals surface area (Å²) < 4.78 is 8.95. The number of hydrogen-bond donors (Lipinski definition) is 0. The van der Waals surface area contributed by atoms with Gasteiger partial charge in [0.15, 0.2) is 0 Å². The average Bonchev–Trinajstić information content (AvgIpc) is 3.74. The first kappa shape index (κ1) is 28.4. The standard InChI is InChI=1S/C48H31NO/c1-2-13-32(14-3-1)33-25-27-34(28-26-33)35-29-30-46-43(31-35)39-18-7-10-23-45(39)49(46)44-22-9-6-17-38(44)36-15-4-5-16-37(36)41-20-12-21-42-40-19-8-11-24-47(40)50-48(41)42/h1-31H. The zero-order valence-electron chi connectivity index (χ0n) is 27.3.